The van der Waals surface area contributed by atoms with Crippen LogP contribution in [0, 0.1) is 11.8 Å². The van der Waals surface area contributed by atoms with Gasteiger partial charge in [-0.05, 0) is 62.0 Å². The van der Waals surface area contributed by atoms with Crippen LogP contribution in [-0.2, 0) is 11.2 Å². The van der Waals surface area contributed by atoms with Crippen LogP contribution in [0.4, 0.5) is 0 Å². The van der Waals surface area contributed by atoms with Crippen molar-refractivity contribution in [3.63, 3.8) is 0 Å². The monoisotopic (exact) mass is 445 g/mol. The third-order valence-electron chi connectivity index (χ3n) is 4.77. The second-order valence-corrected chi connectivity index (χ2v) is 8.21. The average Bonchev–Trinajstić information content (AvgIpc) is 3.24. The molecule has 1 aliphatic rings. The van der Waals surface area contributed by atoms with Crippen LogP contribution < -0.4 is 21.1 Å². The van der Waals surface area contributed by atoms with Gasteiger partial charge in [-0.1, -0.05) is 24.0 Å². The maximum absolute atomic E-state index is 12.0. The van der Waals surface area contributed by atoms with Gasteiger partial charge in [0.15, 0.2) is 0 Å². The van der Waals surface area contributed by atoms with E-state index >= 15 is 0 Å². The van der Waals surface area contributed by atoms with Crippen molar-refractivity contribution in [1.82, 2.24) is 10.6 Å². The average molecular weight is 446 g/mol. The maximum atomic E-state index is 12.0. The van der Waals surface area contributed by atoms with Gasteiger partial charge < -0.3 is 21.1 Å². The first-order chi connectivity index (χ1) is 14.2. The molecular formula is C23H31N3O2S2. The number of thiophene rings is 1. The van der Waals surface area contributed by atoms with Crippen molar-refractivity contribution in [2.75, 3.05) is 19.6 Å². The molecule has 3 rings (SSSR count). The van der Waals surface area contributed by atoms with Crippen molar-refractivity contribution in [2.24, 2.45) is 5.73 Å². The molecule has 2 aromatic rings. The van der Waals surface area contributed by atoms with Gasteiger partial charge in [-0.15, -0.1) is 11.3 Å². The van der Waals surface area contributed by atoms with Crippen LogP contribution in [0.3, 0.4) is 0 Å². The molecule has 0 unspecified atom stereocenters. The summed E-state index contributed by atoms with van der Waals surface area (Å²) in [6.45, 7) is 2.61. The topological polar surface area (TPSA) is 76.4 Å². The van der Waals surface area contributed by atoms with Gasteiger partial charge in [0.05, 0.1) is 6.04 Å². The zero-order chi connectivity index (χ0) is 20.3. The number of nitrogens with two attached hydrogens (primary N) is 1. The van der Waals surface area contributed by atoms with Crippen LogP contribution in [0.25, 0.3) is 0 Å². The number of rotatable bonds is 8. The van der Waals surface area contributed by atoms with E-state index in [1.165, 1.54) is 0 Å². The van der Waals surface area contributed by atoms with Crippen LogP contribution >= 0.6 is 24.8 Å². The van der Waals surface area contributed by atoms with Gasteiger partial charge in [0.25, 0.3) is 0 Å². The minimum atomic E-state index is -0.498. The Balaban J connectivity index is 0.00000320. The predicted molar refractivity (Wildman–Crippen MR) is 128 cm³/mol. The number of carbonyl (C=O) groups is 1. The Morgan fingerprint density at radius 3 is 2.90 bits per heavy atom. The number of unbranched alkanes of at least 4 members (excludes halogenated alkanes) is 1. The highest BCUT2D eigenvalue weighted by Crippen LogP contribution is 2.18. The summed E-state index contributed by atoms with van der Waals surface area (Å²) in [5.41, 5.74) is 6.91. The Hall–Kier alpha value is -1.98. The number of hydrogen-bond donors (Lipinski definition) is 3. The van der Waals surface area contributed by atoms with Crippen molar-refractivity contribution in [3.05, 3.63) is 52.2 Å². The van der Waals surface area contributed by atoms with E-state index in [-0.39, 0.29) is 25.5 Å². The lowest BCUT2D eigenvalue weighted by atomic mass is 10.1. The highest BCUT2D eigenvalue weighted by atomic mass is 32.1. The lowest BCUT2D eigenvalue weighted by Crippen LogP contribution is -2.42. The second-order valence-electron chi connectivity index (χ2n) is 7.18. The summed E-state index contributed by atoms with van der Waals surface area (Å²) >= 11 is 1.62. The molecule has 4 N–H and O–H groups in total. The van der Waals surface area contributed by atoms with Crippen molar-refractivity contribution in [2.45, 2.75) is 44.2 Å². The lowest BCUT2D eigenvalue weighted by Gasteiger charge is -2.23. The van der Waals surface area contributed by atoms with Gasteiger partial charge in [0.1, 0.15) is 11.9 Å². The van der Waals surface area contributed by atoms with Gasteiger partial charge >= 0.3 is 0 Å². The molecular weight excluding hydrogens is 414 g/mol. The molecule has 1 aliphatic heterocycles. The molecule has 5 nitrogen and oxygen atoms in total. The Labute approximate surface area is 190 Å². The highest BCUT2D eigenvalue weighted by molar-refractivity contribution is 7.59. The summed E-state index contributed by atoms with van der Waals surface area (Å²) in [5.74, 6) is 7.14. The van der Waals surface area contributed by atoms with Gasteiger partial charge in [0.2, 0.25) is 5.91 Å². The van der Waals surface area contributed by atoms with Gasteiger partial charge in [-0.25, -0.2) is 0 Å². The van der Waals surface area contributed by atoms with Gasteiger partial charge in [-0.2, -0.15) is 13.5 Å². The molecule has 1 aromatic heterocycles. The first-order valence-corrected chi connectivity index (χ1v) is 11.1. The van der Waals surface area contributed by atoms with E-state index in [1.807, 2.05) is 41.8 Å². The Bertz CT molecular complexity index is 824. The zero-order valence-electron chi connectivity index (χ0n) is 17.2. The molecule has 1 saturated heterocycles. The highest BCUT2D eigenvalue weighted by Gasteiger charge is 2.14. The summed E-state index contributed by atoms with van der Waals surface area (Å²) in [5, 5.41) is 8.23. The van der Waals surface area contributed by atoms with Crippen LogP contribution in [0.15, 0.2) is 41.8 Å². The molecule has 0 aliphatic carbocycles. The van der Waals surface area contributed by atoms with E-state index in [0.717, 1.165) is 55.0 Å². The molecule has 0 radical (unpaired) electrons. The predicted octanol–water partition coefficient (Wildman–Crippen LogP) is 2.81. The number of hydrogen-bond acceptors (Lipinski definition) is 5. The number of ether oxygens (including phenoxy) is 1. The van der Waals surface area contributed by atoms with Crippen molar-refractivity contribution >= 4 is 30.7 Å². The molecule has 7 heteroatoms. The lowest BCUT2D eigenvalue weighted by molar-refractivity contribution is -0.122. The summed E-state index contributed by atoms with van der Waals surface area (Å²) in [6.07, 6.45) is 4.47. The third kappa shape index (κ3) is 8.41. The fourth-order valence-electron chi connectivity index (χ4n) is 3.18. The van der Waals surface area contributed by atoms with Gasteiger partial charge in [0, 0.05) is 29.8 Å². The van der Waals surface area contributed by atoms with E-state index in [1.54, 1.807) is 11.3 Å². The molecule has 1 atom stereocenters. The van der Waals surface area contributed by atoms with Crippen LogP contribution in [0.5, 0.6) is 5.75 Å². The van der Waals surface area contributed by atoms with Crippen LogP contribution in [-0.4, -0.2) is 37.7 Å². The number of carbonyl (C=O) groups excluding carboxylic acids is 1. The fourth-order valence-corrected chi connectivity index (χ4v) is 3.94. The molecule has 30 heavy (non-hydrogen) atoms. The molecule has 1 fully saturated rings. The van der Waals surface area contributed by atoms with E-state index in [0.29, 0.717) is 13.0 Å². The molecule has 162 valence electrons. The largest absolute Gasteiger partial charge is 0.490 e. The van der Waals surface area contributed by atoms with Crippen LogP contribution in [0.1, 0.15) is 36.1 Å². The Morgan fingerprint density at radius 2 is 2.13 bits per heavy atom. The number of benzene rings is 1. The molecule has 2 heterocycles. The standard InChI is InChI=1S/C23H29N3O2S.H2S/c24-22(17-21-9-5-15-29-21)23(27)26-12-3-1-2-6-18-7-4-8-20(16-18)28-19-10-13-25-14-11-19;/h4-5,7-9,15-16,19,22,25H,1,3,10-14,17,24H2,(H,26,27);1H2/t22-;/m0./s1. The minimum Gasteiger partial charge on any atom is -0.490 e. The molecule has 1 amide bonds. The first-order valence-electron chi connectivity index (χ1n) is 10.2. The van der Waals surface area contributed by atoms with E-state index in [9.17, 15) is 4.79 Å². The molecule has 0 saturated carbocycles. The number of nitrogens with one attached hydrogen (secondary N) is 2. The normalized spacial score (nSPS) is 14.7. The van der Waals surface area contributed by atoms with E-state index in [2.05, 4.69) is 22.5 Å². The van der Waals surface area contributed by atoms with Gasteiger partial charge in [-0.3, -0.25) is 4.79 Å². The zero-order valence-corrected chi connectivity index (χ0v) is 19.0. The fraction of sp³-hybridized carbons (Fsp3) is 0.435. The SMILES string of the molecule is N[C@@H](Cc1cccs1)C(=O)NCCCC#Cc1cccc(OC2CCNCC2)c1.S. The summed E-state index contributed by atoms with van der Waals surface area (Å²) in [4.78, 5) is 13.2. The minimum absolute atomic E-state index is 0. The van der Waals surface area contributed by atoms with E-state index < -0.39 is 6.04 Å². The molecule has 1 aromatic carbocycles. The third-order valence-corrected chi connectivity index (χ3v) is 5.67. The van der Waals surface area contributed by atoms with Crippen molar-refractivity contribution in [3.8, 4) is 17.6 Å². The molecule has 0 spiro atoms. The Morgan fingerprint density at radius 1 is 1.30 bits per heavy atom. The van der Waals surface area contributed by atoms with Crippen LogP contribution in [0.2, 0.25) is 0 Å². The maximum Gasteiger partial charge on any atom is 0.237 e. The van der Waals surface area contributed by atoms with E-state index in [4.69, 9.17) is 10.5 Å². The smallest absolute Gasteiger partial charge is 0.237 e. The second kappa shape index (κ2) is 13.3. The first kappa shape index (κ1) is 24.3. The summed E-state index contributed by atoms with van der Waals surface area (Å²) < 4.78 is 6.06. The number of piperidine rings is 1. The van der Waals surface area contributed by atoms with Crippen molar-refractivity contribution in [1.29, 1.82) is 0 Å². The Kier molecular flexibility index (Phi) is 10.8. The summed E-state index contributed by atoms with van der Waals surface area (Å²) in [6, 6.07) is 11.4. The van der Waals surface area contributed by atoms with Crippen molar-refractivity contribution < 1.29 is 9.53 Å². The molecule has 0 bridgehead atoms. The number of amides is 1. The quantitative estimate of drug-likeness (QED) is 0.431. The summed E-state index contributed by atoms with van der Waals surface area (Å²) in [7, 11) is 0.